The lowest BCUT2D eigenvalue weighted by molar-refractivity contribution is -0.144. The molecule has 0 saturated heterocycles. The van der Waals surface area contributed by atoms with Gasteiger partial charge in [0, 0.05) is 6.61 Å². The first-order chi connectivity index (χ1) is 10.5. The molecule has 0 amide bonds. The fourth-order valence-corrected chi connectivity index (χ4v) is 4.18. The molecule has 22 heavy (non-hydrogen) atoms. The van der Waals surface area contributed by atoms with Crippen LogP contribution >= 0.6 is 0 Å². The fourth-order valence-electron chi connectivity index (χ4n) is 4.18. The van der Waals surface area contributed by atoms with E-state index in [2.05, 4.69) is 19.9 Å². The number of carboxylic acids is 1. The highest BCUT2D eigenvalue weighted by Crippen LogP contribution is 2.59. The van der Waals surface area contributed by atoms with E-state index in [1.165, 1.54) is 18.4 Å². The van der Waals surface area contributed by atoms with Gasteiger partial charge >= 0.3 is 5.97 Å². The van der Waals surface area contributed by atoms with Gasteiger partial charge in [-0.05, 0) is 48.5 Å². The first-order valence-corrected chi connectivity index (χ1v) is 8.31. The van der Waals surface area contributed by atoms with E-state index in [0.717, 1.165) is 12.3 Å². The molecule has 1 N–H and O–H groups in total. The van der Waals surface area contributed by atoms with Crippen LogP contribution in [0.2, 0.25) is 0 Å². The van der Waals surface area contributed by atoms with Crippen molar-refractivity contribution < 1.29 is 14.6 Å². The predicted octanol–water partition coefficient (Wildman–Crippen LogP) is 3.97. The van der Waals surface area contributed by atoms with Gasteiger partial charge in [0.25, 0.3) is 0 Å². The molecule has 2 bridgehead atoms. The predicted molar refractivity (Wildman–Crippen MR) is 86.5 cm³/mol. The SMILES string of the molecule is CC1(C)[C@H]2CC=C(COCCC3(C(=O)O)C=CCC=C3)[C@@H]1C2. The van der Waals surface area contributed by atoms with Crippen molar-refractivity contribution >= 4 is 5.97 Å². The van der Waals surface area contributed by atoms with Gasteiger partial charge in [-0.3, -0.25) is 4.79 Å². The van der Waals surface area contributed by atoms with E-state index in [4.69, 9.17) is 4.74 Å². The lowest BCUT2D eigenvalue weighted by Crippen LogP contribution is -2.48. The largest absolute Gasteiger partial charge is 0.480 e. The summed E-state index contributed by atoms with van der Waals surface area (Å²) in [5.41, 5.74) is 0.969. The van der Waals surface area contributed by atoms with E-state index in [0.29, 0.717) is 31.0 Å². The van der Waals surface area contributed by atoms with Gasteiger partial charge in [0.05, 0.1) is 6.61 Å². The topological polar surface area (TPSA) is 46.5 Å². The number of hydrogen-bond donors (Lipinski definition) is 1. The normalized spacial score (nSPS) is 30.5. The molecule has 3 nitrogen and oxygen atoms in total. The van der Waals surface area contributed by atoms with Crippen LogP contribution < -0.4 is 0 Å². The van der Waals surface area contributed by atoms with Crippen LogP contribution in [-0.2, 0) is 9.53 Å². The first kappa shape index (κ1) is 15.5. The minimum atomic E-state index is -0.875. The Balaban J connectivity index is 1.51. The smallest absolute Gasteiger partial charge is 0.317 e. The van der Waals surface area contributed by atoms with Gasteiger partial charge in [0.1, 0.15) is 5.41 Å². The van der Waals surface area contributed by atoms with Crippen molar-refractivity contribution in [1.82, 2.24) is 0 Å². The Labute approximate surface area is 132 Å². The maximum absolute atomic E-state index is 11.5. The Morgan fingerprint density at radius 2 is 2.09 bits per heavy atom. The highest BCUT2D eigenvalue weighted by Gasteiger charge is 2.51. The van der Waals surface area contributed by atoms with Gasteiger partial charge < -0.3 is 9.84 Å². The van der Waals surface area contributed by atoms with Crippen LogP contribution in [0.25, 0.3) is 0 Å². The van der Waals surface area contributed by atoms with Crippen molar-refractivity contribution in [2.24, 2.45) is 22.7 Å². The number of ether oxygens (including phenoxy) is 1. The van der Waals surface area contributed by atoms with E-state index in [1.54, 1.807) is 12.2 Å². The molecule has 0 heterocycles. The van der Waals surface area contributed by atoms with Crippen LogP contribution in [-0.4, -0.2) is 24.3 Å². The van der Waals surface area contributed by atoms with Crippen molar-refractivity contribution in [3.8, 4) is 0 Å². The first-order valence-electron chi connectivity index (χ1n) is 8.31. The molecule has 1 saturated carbocycles. The second-order valence-electron chi connectivity index (χ2n) is 7.51. The molecule has 2 atom stereocenters. The summed E-state index contributed by atoms with van der Waals surface area (Å²) in [6.07, 6.45) is 13.6. The van der Waals surface area contributed by atoms with Crippen LogP contribution in [0.3, 0.4) is 0 Å². The molecule has 120 valence electrons. The minimum absolute atomic E-state index is 0.421. The second kappa shape index (κ2) is 5.69. The lowest BCUT2D eigenvalue weighted by Gasteiger charge is -2.56. The zero-order chi connectivity index (χ0) is 15.8. The molecule has 4 rings (SSSR count). The number of carboxylic acid groups (broad SMARTS) is 1. The van der Waals surface area contributed by atoms with Crippen LogP contribution in [0, 0.1) is 22.7 Å². The van der Waals surface area contributed by atoms with Crippen LogP contribution in [0.4, 0.5) is 0 Å². The summed E-state index contributed by atoms with van der Waals surface area (Å²) in [5, 5.41) is 9.48. The van der Waals surface area contributed by atoms with Crippen molar-refractivity contribution in [1.29, 1.82) is 0 Å². The molecule has 4 aliphatic carbocycles. The summed E-state index contributed by atoms with van der Waals surface area (Å²) in [6, 6.07) is 0. The molecule has 0 aliphatic heterocycles. The second-order valence-corrected chi connectivity index (χ2v) is 7.51. The highest BCUT2D eigenvalue weighted by atomic mass is 16.5. The standard InChI is InChI=1S/C19H26O3/c1-18(2)15-7-6-14(16(18)12-15)13-22-11-10-19(17(20)21)8-4-3-5-9-19/h4-6,8-9,15-16H,3,7,10-13H2,1-2H3,(H,20,21)/t15-,16-/m0/s1. The summed E-state index contributed by atoms with van der Waals surface area (Å²) in [4.78, 5) is 11.5. The summed E-state index contributed by atoms with van der Waals surface area (Å²) in [5.74, 6) is 0.714. The molecular formula is C19H26O3. The zero-order valence-corrected chi connectivity index (χ0v) is 13.5. The Kier molecular flexibility index (Phi) is 4.02. The van der Waals surface area contributed by atoms with E-state index >= 15 is 0 Å². The maximum Gasteiger partial charge on any atom is 0.317 e. The molecule has 1 fully saturated rings. The molecule has 4 aliphatic rings. The Morgan fingerprint density at radius 1 is 1.36 bits per heavy atom. The molecule has 3 heteroatoms. The third-order valence-electron chi connectivity index (χ3n) is 6.01. The average molecular weight is 302 g/mol. The van der Waals surface area contributed by atoms with Crippen LogP contribution in [0.5, 0.6) is 0 Å². The molecule has 0 radical (unpaired) electrons. The summed E-state index contributed by atoms with van der Waals surface area (Å²) in [7, 11) is 0. The number of allylic oxidation sites excluding steroid dienone is 3. The number of rotatable bonds is 6. The summed E-state index contributed by atoms with van der Waals surface area (Å²) < 4.78 is 5.84. The molecule has 0 spiro atoms. The highest BCUT2D eigenvalue weighted by molar-refractivity contribution is 5.80. The van der Waals surface area contributed by atoms with Crippen molar-refractivity contribution in [2.75, 3.05) is 13.2 Å². The molecule has 0 aromatic heterocycles. The Hall–Kier alpha value is -1.35. The van der Waals surface area contributed by atoms with Crippen molar-refractivity contribution in [3.63, 3.8) is 0 Å². The molecule has 0 unspecified atom stereocenters. The van der Waals surface area contributed by atoms with Gasteiger partial charge in [-0.1, -0.05) is 44.2 Å². The minimum Gasteiger partial charge on any atom is -0.480 e. The van der Waals surface area contributed by atoms with E-state index in [-0.39, 0.29) is 0 Å². The quantitative estimate of drug-likeness (QED) is 0.596. The average Bonchev–Trinajstić information content (AvgIpc) is 2.52. The molecular weight excluding hydrogens is 276 g/mol. The number of aliphatic carboxylic acids is 1. The van der Waals surface area contributed by atoms with Crippen molar-refractivity contribution in [2.45, 2.75) is 39.5 Å². The monoisotopic (exact) mass is 302 g/mol. The van der Waals surface area contributed by atoms with Gasteiger partial charge in [-0.2, -0.15) is 0 Å². The fraction of sp³-hybridized carbons (Fsp3) is 0.632. The van der Waals surface area contributed by atoms with Crippen molar-refractivity contribution in [3.05, 3.63) is 36.0 Å². The van der Waals surface area contributed by atoms with E-state index < -0.39 is 11.4 Å². The Bertz CT molecular complexity index is 527. The van der Waals surface area contributed by atoms with Crippen LogP contribution in [0.15, 0.2) is 36.0 Å². The third-order valence-corrected chi connectivity index (χ3v) is 6.01. The summed E-state index contributed by atoms with van der Waals surface area (Å²) in [6.45, 7) is 5.85. The Morgan fingerprint density at radius 3 is 2.68 bits per heavy atom. The summed E-state index contributed by atoms with van der Waals surface area (Å²) >= 11 is 0. The van der Waals surface area contributed by atoms with Crippen LogP contribution in [0.1, 0.15) is 39.5 Å². The van der Waals surface area contributed by atoms with E-state index in [9.17, 15) is 9.90 Å². The molecule has 0 aromatic rings. The van der Waals surface area contributed by atoms with Gasteiger partial charge in [0.2, 0.25) is 0 Å². The van der Waals surface area contributed by atoms with Gasteiger partial charge in [-0.15, -0.1) is 0 Å². The lowest BCUT2D eigenvalue weighted by atomic mass is 9.49. The number of fused-ring (bicyclic) bond motifs is 1. The molecule has 0 aromatic carbocycles. The maximum atomic E-state index is 11.5. The third kappa shape index (κ3) is 2.56. The van der Waals surface area contributed by atoms with Gasteiger partial charge in [-0.25, -0.2) is 0 Å². The zero-order valence-electron chi connectivity index (χ0n) is 13.5. The van der Waals surface area contributed by atoms with Gasteiger partial charge in [0.15, 0.2) is 0 Å². The van der Waals surface area contributed by atoms with E-state index in [1.807, 2.05) is 12.2 Å². The number of carbonyl (C=O) groups is 1. The number of hydrogen-bond acceptors (Lipinski definition) is 2.